The molecule has 1 heterocycles. The van der Waals surface area contributed by atoms with Gasteiger partial charge in [-0.3, -0.25) is 4.79 Å². The number of carbonyl (C=O) groups excluding carboxylic acids is 2. The molecule has 0 aromatic heterocycles. The van der Waals surface area contributed by atoms with Gasteiger partial charge in [-0.05, 0) is 54.9 Å². The number of hydrogen-bond acceptors (Lipinski definition) is 4. The topological polar surface area (TPSA) is 95.9 Å². The van der Waals surface area contributed by atoms with Gasteiger partial charge in [0, 0.05) is 24.4 Å². The van der Waals surface area contributed by atoms with Gasteiger partial charge in [-0.2, -0.15) is 0 Å². The second-order valence-corrected chi connectivity index (χ2v) is 9.51. The molecule has 172 valence electrons. The first-order valence-corrected chi connectivity index (χ1v) is 11.5. The summed E-state index contributed by atoms with van der Waals surface area (Å²) in [6.45, 7) is 2.34. The fourth-order valence-electron chi connectivity index (χ4n) is 5.50. The van der Waals surface area contributed by atoms with E-state index in [0.29, 0.717) is 32.2 Å². The van der Waals surface area contributed by atoms with E-state index in [0.717, 1.165) is 11.1 Å². The van der Waals surface area contributed by atoms with Crippen molar-refractivity contribution in [3.8, 4) is 11.1 Å². The number of benzene rings is 2. The lowest BCUT2D eigenvalue weighted by atomic mass is 9.78. The van der Waals surface area contributed by atoms with E-state index in [9.17, 15) is 19.5 Å². The summed E-state index contributed by atoms with van der Waals surface area (Å²) in [5.41, 5.74) is 3.55. The molecule has 0 radical (unpaired) electrons. The van der Waals surface area contributed by atoms with Crippen molar-refractivity contribution < 1.29 is 24.2 Å². The molecule has 2 N–H and O–H groups in total. The van der Waals surface area contributed by atoms with Gasteiger partial charge in [0.15, 0.2) is 0 Å². The molecule has 2 amide bonds. The number of ether oxygens (including phenoxy) is 1. The van der Waals surface area contributed by atoms with Crippen LogP contribution in [0.4, 0.5) is 4.79 Å². The summed E-state index contributed by atoms with van der Waals surface area (Å²) in [7, 11) is 0. The summed E-state index contributed by atoms with van der Waals surface area (Å²) in [6, 6.07) is 16.2. The highest BCUT2D eigenvalue weighted by Crippen LogP contribution is 2.44. The molecule has 7 heteroatoms. The van der Waals surface area contributed by atoms with Crippen molar-refractivity contribution in [1.29, 1.82) is 0 Å². The number of hydrogen-bond donors (Lipinski definition) is 2. The Morgan fingerprint density at radius 2 is 1.67 bits per heavy atom. The maximum atomic E-state index is 12.8. The highest BCUT2D eigenvalue weighted by Gasteiger charge is 2.49. The molecular formula is C26H28N2O5. The summed E-state index contributed by atoms with van der Waals surface area (Å²) >= 11 is 0. The summed E-state index contributed by atoms with van der Waals surface area (Å²) in [4.78, 5) is 38.4. The van der Waals surface area contributed by atoms with Gasteiger partial charge in [0.05, 0.1) is 0 Å². The molecule has 3 aliphatic rings. The van der Waals surface area contributed by atoms with E-state index in [1.807, 2.05) is 24.3 Å². The van der Waals surface area contributed by atoms with Crippen LogP contribution in [-0.2, 0) is 14.3 Å². The fourth-order valence-corrected chi connectivity index (χ4v) is 5.50. The minimum absolute atomic E-state index is 0.00253. The minimum atomic E-state index is -1.12. The van der Waals surface area contributed by atoms with Crippen LogP contribution in [0.2, 0.25) is 0 Å². The van der Waals surface area contributed by atoms with Gasteiger partial charge in [0.1, 0.15) is 12.1 Å². The second-order valence-electron chi connectivity index (χ2n) is 9.51. The van der Waals surface area contributed by atoms with E-state index in [1.165, 1.54) is 16.0 Å². The van der Waals surface area contributed by atoms with Crippen LogP contribution in [0.5, 0.6) is 0 Å². The Balaban J connectivity index is 1.14. The number of carboxylic acids is 1. The Labute approximate surface area is 192 Å². The van der Waals surface area contributed by atoms with Crippen LogP contribution in [0.3, 0.4) is 0 Å². The summed E-state index contributed by atoms with van der Waals surface area (Å²) in [5.74, 6) is -1.33. The van der Waals surface area contributed by atoms with Crippen molar-refractivity contribution >= 4 is 18.0 Å². The maximum absolute atomic E-state index is 12.8. The zero-order valence-corrected chi connectivity index (χ0v) is 18.6. The van der Waals surface area contributed by atoms with Crippen molar-refractivity contribution in [1.82, 2.24) is 10.2 Å². The summed E-state index contributed by atoms with van der Waals surface area (Å²) in [6.07, 6.45) is 1.71. The molecule has 1 saturated carbocycles. The number of carbonyl (C=O) groups is 3. The number of rotatable bonds is 5. The number of alkyl carbamates (subject to hydrolysis) is 1. The normalized spacial score (nSPS) is 25.7. The zero-order chi connectivity index (χ0) is 23.2. The lowest BCUT2D eigenvalue weighted by Crippen LogP contribution is -2.56. The van der Waals surface area contributed by atoms with Crippen molar-refractivity contribution in [2.75, 3.05) is 13.2 Å². The van der Waals surface area contributed by atoms with Crippen LogP contribution >= 0.6 is 0 Å². The Bertz CT molecular complexity index is 1060. The number of nitrogens with one attached hydrogen (secondary N) is 1. The molecule has 2 aromatic carbocycles. The first kappa shape index (κ1) is 21.5. The molecule has 2 fully saturated rings. The molecule has 0 spiro atoms. The quantitative estimate of drug-likeness (QED) is 0.726. The highest BCUT2D eigenvalue weighted by atomic mass is 16.5. The Hall–Kier alpha value is -3.35. The smallest absolute Gasteiger partial charge is 0.407 e. The number of likely N-dealkylation sites (tertiary alicyclic amines) is 1. The van der Waals surface area contributed by atoms with E-state index < -0.39 is 17.6 Å². The monoisotopic (exact) mass is 448 g/mol. The standard InChI is InChI=1S/C26H28N2O5/c1-26(24(30)31)11-6-12-28(26)23(29)16-13-17(14-16)27-25(32)33-15-22-20-9-4-2-7-18(20)19-8-3-5-10-21(19)22/h2-5,7-10,16-17,22H,6,11-15H2,1H3,(H,27,32)(H,30,31). The first-order chi connectivity index (χ1) is 15.9. The van der Waals surface area contributed by atoms with Crippen LogP contribution in [0.25, 0.3) is 11.1 Å². The fraction of sp³-hybridized carbons (Fsp3) is 0.423. The average molecular weight is 449 g/mol. The van der Waals surface area contributed by atoms with Gasteiger partial charge >= 0.3 is 12.1 Å². The molecule has 2 aliphatic carbocycles. The van der Waals surface area contributed by atoms with Crippen LogP contribution in [0, 0.1) is 5.92 Å². The minimum Gasteiger partial charge on any atom is -0.480 e. The van der Waals surface area contributed by atoms with E-state index in [4.69, 9.17) is 4.74 Å². The number of fused-ring (bicyclic) bond motifs is 3. The average Bonchev–Trinajstić information content (AvgIpc) is 3.33. The van der Waals surface area contributed by atoms with Crippen LogP contribution in [0.15, 0.2) is 48.5 Å². The first-order valence-electron chi connectivity index (χ1n) is 11.5. The van der Waals surface area contributed by atoms with E-state index in [2.05, 4.69) is 29.6 Å². The molecule has 5 rings (SSSR count). The van der Waals surface area contributed by atoms with E-state index >= 15 is 0 Å². The van der Waals surface area contributed by atoms with Gasteiger partial charge < -0.3 is 20.1 Å². The Kier molecular flexibility index (Phi) is 5.35. The van der Waals surface area contributed by atoms with Crippen molar-refractivity contribution in [3.63, 3.8) is 0 Å². The van der Waals surface area contributed by atoms with Crippen LogP contribution in [-0.4, -0.2) is 52.7 Å². The third-order valence-corrected chi connectivity index (χ3v) is 7.52. The number of nitrogens with zero attached hydrogens (tertiary/aromatic N) is 1. The Morgan fingerprint density at radius 3 is 2.27 bits per heavy atom. The van der Waals surface area contributed by atoms with Gasteiger partial charge in [-0.15, -0.1) is 0 Å². The van der Waals surface area contributed by atoms with Gasteiger partial charge in [-0.25, -0.2) is 9.59 Å². The van der Waals surface area contributed by atoms with Gasteiger partial charge in [0.2, 0.25) is 5.91 Å². The lowest BCUT2D eigenvalue weighted by molar-refractivity contribution is -0.158. The third-order valence-electron chi connectivity index (χ3n) is 7.52. The van der Waals surface area contributed by atoms with Crippen molar-refractivity contribution in [3.05, 3.63) is 59.7 Å². The highest BCUT2D eigenvalue weighted by molar-refractivity contribution is 5.89. The summed E-state index contributed by atoms with van der Waals surface area (Å²) in [5, 5.41) is 12.4. The second kappa shape index (κ2) is 8.21. The largest absolute Gasteiger partial charge is 0.480 e. The molecular weight excluding hydrogens is 420 g/mol. The zero-order valence-electron chi connectivity index (χ0n) is 18.6. The van der Waals surface area contributed by atoms with Crippen LogP contribution < -0.4 is 5.32 Å². The molecule has 1 atom stereocenters. The molecule has 33 heavy (non-hydrogen) atoms. The number of carboxylic acid groups (broad SMARTS) is 1. The predicted octanol–water partition coefficient (Wildman–Crippen LogP) is 3.77. The third kappa shape index (κ3) is 3.65. The maximum Gasteiger partial charge on any atom is 0.407 e. The lowest BCUT2D eigenvalue weighted by Gasteiger charge is -2.40. The SMILES string of the molecule is CC1(C(=O)O)CCCN1C(=O)C1CC(NC(=O)OCC2c3ccccc3-c3ccccc32)C1. The molecule has 2 aromatic rings. The molecule has 0 bridgehead atoms. The summed E-state index contributed by atoms with van der Waals surface area (Å²) < 4.78 is 5.58. The van der Waals surface area contributed by atoms with E-state index in [1.54, 1.807) is 6.92 Å². The van der Waals surface area contributed by atoms with Crippen molar-refractivity contribution in [2.45, 2.75) is 50.1 Å². The van der Waals surface area contributed by atoms with Gasteiger partial charge in [-0.1, -0.05) is 48.5 Å². The number of amides is 2. The molecule has 1 aliphatic heterocycles. The predicted molar refractivity (Wildman–Crippen MR) is 122 cm³/mol. The van der Waals surface area contributed by atoms with Crippen molar-refractivity contribution in [2.24, 2.45) is 5.92 Å². The van der Waals surface area contributed by atoms with Gasteiger partial charge in [0.25, 0.3) is 0 Å². The van der Waals surface area contributed by atoms with E-state index in [-0.39, 0.29) is 30.4 Å². The molecule has 1 saturated heterocycles. The number of aliphatic carboxylic acids is 1. The molecule has 1 unspecified atom stereocenters. The Morgan fingerprint density at radius 1 is 1.06 bits per heavy atom. The molecule has 7 nitrogen and oxygen atoms in total. The van der Waals surface area contributed by atoms with Crippen LogP contribution in [0.1, 0.15) is 49.7 Å².